The zero-order valence-corrected chi connectivity index (χ0v) is 9.57. The molecule has 1 nitrogen and oxygen atoms in total. The second-order valence-electron chi connectivity index (χ2n) is 2.70. The molecule has 0 saturated carbocycles. The number of unbranched alkanes of at least 4 members (excludes halogenated alkanes) is 2. The summed E-state index contributed by atoms with van der Waals surface area (Å²) in [5.41, 5.74) is 0. The maximum atomic E-state index is 2.21. The van der Waals surface area contributed by atoms with Crippen molar-refractivity contribution < 1.29 is 0 Å². The lowest BCUT2D eigenvalue weighted by Gasteiger charge is -1.90. The average molecular weight is 161 g/mol. The highest BCUT2D eigenvalue weighted by molar-refractivity contribution is 4.24. The minimum atomic E-state index is 1.34. The molecule has 0 amide bonds. The third kappa shape index (κ3) is 164. The van der Waals surface area contributed by atoms with Crippen LogP contribution in [0.25, 0.3) is 0 Å². The van der Waals surface area contributed by atoms with Crippen molar-refractivity contribution in [2.24, 2.45) is 0 Å². The van der Waals surface area contributed by atoms with E-state index in [9.17, 15) is 0 Å². The summed E-state index contributed by atoms with van der Waals surface area (Å²) in [6, 6.07) is 0. The van der Waals surface area contributed by atoms with Gasteiger partial charge in [-0.2, -0.15) is 0 Å². The topological polar surface area (TPSA) is 3.24 Å². The zero-order valence-electron chi connectivity index (χ0n) is 9.57. The SMILES string of the molecule is CC.CCCCC.CN(C)C. The Kier molecular flexibility index (Phi) is 35.1. The summed E-state index contributed by atoms with van der Waals surface area (Å²) in [6.45, 7) is 8.42. The average Bonchev–Trinajstić information content (AvgIpc) is 1.93. The van der Waals surface area contributed by atoms with Crippen LogP contribution in [0.4, 0.5) is 0 Å². The van der Waals surface area contributed by atoms with Crippen LogP contribution < -0.4 is 0 Å². The lowest BCUT2D eigenvalue weighted by molar-refractivity contribution is 0.505. The second-order valence-corrected chi connectivity index (χ2v) is 2.70. The Hall–Kier alpha value is -0.0400. The molecule has 11 heavy (non-hydrogen) atoms. The Labute approximate surface area is 73.8 Å². The molecule has 0 aromatic rings. The summed E-state index contributed by atoms with van der Waals surface area (Å²) < 4.78 is 0. The molecule has 0 N–H and O–H groups in total. The van der Waals surface area contributed by atoms with Crippen LogP contribution in [-0.4, -0.2) is 26.0 Å². The molecule has 0 fully saturated rings. The molecule has 0 spiro atoms. The van der Waals surface area contributed by atoms with Crippen molar-refractivity contribution in [2.75, 3.05) is 21.1 Å². The number of hydrogen-bond acceptors (Lipinski definition) is 1. The fraction of sp³-hybridized carbons (Fsp3) is 1.00. The van der Waals surface area contributed by atoms with E-state index in [-0.39, 0.29) is 0 Å². The normalized spacial score (nSPS) is 7.64. The van der Waals surface area contributed by atoms with Gasteiger partial charge in [0.1, 0.15) is 0 Å². The summed E-state index contributed by atoms with van der Waals surface area (Å²) in [4.78, 5) is 2.00. The quantitative estimate of drug-likeness (QED) is 0.600. The van der Waals surface area contributed by atoms with Crippen LogP contribution in [0.2, 0.25) is 0 Å². The van der Waals surface area contributed by atoms with E-state index in [1.807, 2.05) is 39.9 Å². The van der Waals surface area contributed by atoms with Crippen LogP contribution in [0.1, 0.15) is 47.0 Å². The lowest BCUT2D eigenvalue weighted by atomic mass is 10.3. The maximum Gasteiger partial charge on any atom is -0.0140 e. The molecule has 0 unspecified atom stereocenters. The van der Waals surface area contributed by atoms with E-state index < -0.39 is 0 Å². The molecule has 0 radical (unpaired) electrons. The van der Waals surface area contributed by atoms with E-state index in [2.05, 4.69) is 13.8 Å². The Morgan fingerprint density at radius 2 is 1.00 bits per heavy atom. The molecule has 1 heteroatoms. The fourth-order valence-corrected chi connectivity index (χ4v) is 0.354. The van der Waals surface area contributed by atoms with Crippen LogP contribution in [0.3, 0.4) is 0 Å². The number of hydrogen-bond donors (Lipinski definition) is 0. The van der Waals surface area contributed by atoms with E-state index in [4.69, 9.17) is 0 Å². The Bertz CT molecular complexity index is 29.1. The highest BCUT2D eigenvalue weighted by Gasteiger charge is 1.68. The summed E-state index contributed by atoms with van der Waals surface area (Å²) in [7, 11) is 6.00. The molecule has 0 bridgehead atoms. The van der Waals surface area contributed by atoms with Gasteiger partial charge in [0.05, 0.1) is 0 Å². The molecular weight excluding hydrogens is 134 g/mol. The molecule has 0 atom stereocenters. The smallest absolute Gasteiger partial charge is 0.0140 e. The van der Waals surface area contributed by atoms with Gasteiger partial charge in [0.25, 0.3) is 0 Å². The Balaban J connectivity index is -0.0000000965. The van der Waals surface area contributed by atoms with Gasteiger partial charge < -0.3 is 4.90 Å². The largest absolute Gasteiger partial charge is 0.312 e. The van der Waals surface area contributed by atoms with Gasteiger partial charge >= 0.3 is 0 Å². The van der Waals surface area contributed by atoms with Gasteiger partial charge in [0, 0.05) is 0 Å². The first-order valence-electron chi connectivity index (χ1n) is 4.76. The van der Waals surface area contributed by atoms with Crippen molar-refractivity contribution >= 4 is 0 Å². The fourth-order valence-electron chi connectivity index (χ4n) is 0.354. The van der Waals surface area contributed by atoms with Crippen molar-refractivity contribution in [1.82, 2.24) is 4.90 Å². The molecule has 0 aliphatic heterocycles. The Morgan fingerprint density at radius 1 is 0.818 bits per heavy atom. The minimum Gasteiger partial charge on any atom is -0.312 e. The molecular formula is C10H27N. The van der Waals surface area contributed by atoms with Gasteiger partial charge in [-0.3, -0.25) is 0 Å². The van der Waals surface area contributed by atoms with Gasteiger partial charge in [-0.15, -0.1) is 0 Å². The van der Waals surface area contributed by atoms with E-state index in [1.165, 1.54) is 19.3 Å². The maximum absolute atomic E-state index is 2.21. The van der Waals surface area contributed by atoms with E-state index in [1.54, 1.807) is 0 Å². The van der Waals surface area contributed by atoms with E-state index in [0.29, 0.717) is 0 Å². The van der Waals surface area contributed by atoms with Crippen molar-refractivity contribution in [1.29, 1.82) is 0 Å². The predicted octanol–water partition coefficient (Wildman–Crippen LogP) is 3.40. The van der Waals surface area contributed by atoms with Crippen molar-refractivity contribution in [3.8, 4) is 0 Å². The van der Waals surface area contributed by atoms with Crippen LogP contribution in [0.5, 0.6) is 0 Å². The minimum absolute atomic E-state index is 1.34. The van der Waals surface area contributed by atoms with Crippen molar-refractivity contribution in [3.05, 3.63) is 0 Å². The summed E-state index contributed by atoms with van der Waals surface area (Å²) in [5, 5.41) is 0. The third-order valence-corrected chi connectivity index (χ3v) is 0.707. The van der Waals surface area contributed by atoms with E-state index >= 15 is 0 Å². The van der Waals surface area contributed by atoms with E-state index in [0.717, 1.165) is 0 Å². The van der Waals surface area contributed by atoms with Crippen molar-refractivity contribution in [2.45, 2.75) is 47.0 Å². The molecule has 0 aromatic heterocycles. The predicted molar refractivity (Wildman–Crippen MR) is 56.2 cm³/mol. The van der Waals surface area contributed by atoms with Crippen LogP contribution in [-0.2, 0) is 0 Å². The first kappa shape index (κ1) is 17.2. The number of rotatable bonds is 2. The molecule has 0 rings (SSSR count). The van der Waals surface area contributed by atoms with Crippen molar-refractivity contribution in [3.63, 3.8) is 0 Å². The van der Waals surface area contributed by atoms with Gasteiger partial charge in [0.15, 0.2) is 0 Å². The first-order chi connectivity index (χ1) is 5.15. The summed E-state index contributed by atoms with van der Waals surface area (Å²) in [5.74, 6) is 0. The highest BCUT2D eigenvalue weighted by atomic mass is 15.0. The lowest BCUT2D eigenvalue weighted by Crippen LogP contribution is -1.99. The van der Waals surface area contributed by atoms with Crippen LogP contribution >= 0.6 is 0 Å². The monoisotopic (exact) mass is 161 g/mol. The zero-order chi connectivity index (χ0) is 9.70. The molecule has 0 aromatic carbocycles. The summed E-state index contributed by atoms with van der Waals surface area (Å²) >= 11 is 0. The third-order valence-electron chi connectivity index (χ3n) is 0.707. The molecule has 0 saturated heterocycles. The second kappa shape index (κ2) is 22.5. The van der Waals surface area contributed by atoms with Crippen LogP contribution in [0, 0.1) is 0 Å². The standard InChI is InChI=1S/C5H12.C3H9N.C2H6/c1-3-5-4-2;1-4(2)3;1-2/h3-5H2,1-2H3;1-3H3;1-2H3. The van der Waals surface area contributed by atoms with Gasteiger partial charge in [-0.1, -0.05) is 47.0 Å². The molecule has 0 aliphatic carbocycles. The highest BCUT2D eigenvalue weighted by Crippen LogP contribution is 1.88. The van der Waals surface area contributed by atoms with Gasteiger partial charge in [-0.05, 0) is 21.1 Å². The number of nitrogens with zero attached hydrogens (tertiary/aromatic N) is 1. The first-order valence-corrected chi connectivity index (χ1v) is 4.76. The summed E-state index contributed by atoms with van der Waals surface area (Å²) in [6.07, 6.45) is 4.08. The van der Waals surface area contributed by atoms with Gasteiger partial charge in [-0.25, -0.2) is 0 Å². The molecule has 0 aliphatic rings. The molecule has 72 valence electrons. The van der Waals surface area contributed by atoms with Gasteiger partial charge in [0.2, 0.25) is 0 Å². The Morgan fingerprint density at radius 3 is 1.00 bits per heavy atom. The molecule has 0 heterocycles. The van der Waals surface area contributed by atoms with Crippen LogP contribution in [0.15, 0.2) is 0 Å².